The molecule has 16 heavy (non-hydrogen) atoms. The molecule has 0 radical (unpaired) electrons. The van der Waals surface area contributed by atoms with Crippen LogP contribution in [0, 0.1) is 0 Å². The highest BCUT2D eigenvalue weighted by Gasteiger charge is 1.99. The molecule has 0 aromatic heterocycles. The van der Waals surface area contributed by atoms with E-state index < -0.39 is 0 Å². The number of hydrogen-bond donors (Lipinski definition) is 0. The van der Waals surface area contributed by atoms with Crippen LogP contribution in [0.25, 0.3) is 0 Å². The van der Waals surface area contributed by atoms with E-state index in [1.807, 2.05) is 0 Å². The fourth-order valence-corrected chi connectivity index (χ4v) is 1.46. The molecule has 5 nitrogen and oxygen atoms in total. The van der Waals surface area contributed by atoms with Crippen molar-refractivity contribution in [2.45, 2.75) is 0 Å². The maximum Gasteiger partial charge on any atom is 0.315 e. The van der Waals surface area contributed by atoms with E-state index in [0.29, 0.717) is 38.8 Å². The minimum absolute atomic E-state index is 0.201. The monoisotopic (exact) mass is 252 g/mol. The van der Waals surface area contributed by atoms with Crippen molar-refractivity contribution in [3.05, 3.63) is 0 Å². The number of thioether (sulfide) groups is 1. The van der Waals surface area contributed by atoms with E-state index in [1.54, 1.807) is 7.11 Å². The van der Waals surface area contributed by atoms with Gasteiger partial charge in [-0.15, -0.1) is 11.8 Å². The lowest BCUT2D eigenvalue weighted by molar-refractivity contribution is -0.137. The van der Waals surface area contributed by atoms with Crippen LogP contribution in [0.1, 0.15) is 0 Å². The lowest BCUT2D eigenvalue weighted by atomic mass is 10.7. The first kappa shape index (κ1) is 15.7. The Morgan fingerprint density at radius 3 is 2.25 bits per heavy atom. The molecule has 96 valence electrons. The second-order valence-corrected chi connectivity index (χ2v) is 3.95. The third-order valence-corrected chi connectivity index (χ3v) is 2.52. The highest BCUT2D eigenvalue weighted by atomic mass is 32.2. The number of rotatable bonds is 11. The van der Waals surface area contributed by atoms with Crippen LogP contribution in [0.5, 0.6) is 0 Å². The second-order valence-electron chi connectivity index (χ2n) is 2.85. The summed E-state index contributed by atoms with van der Waals surface area (Å²) in [5.74, 6) is 0.963. The zero-order valence-electron chi connectivity index (χ0n) is 9.90. The molecule has 0 saturated heterocycles. The van der Waals surface area contributed by atoms with E-state index >= 15 is 0 Å². The van der Waals surface area contributed by atoms with Gasteiger partial charge in [-0.1, -0.05) is 0 Å². The predicted molar refractivity (Wildman–Crippen MR) is 62.9 cm³/mol. The number of carbonyl (C=O) groups is 1. The Labute approximate surface area is 101 Å². The van der Waals surface area contributed by atoms with E-state index in [-0.39, 0.29) is 5.97 Å². The summed E-state index contributed by atoms with van der Waals surface area (Å²) in [4.78, 5) is 10.7. The van der Waals surface area contributed by atoms with Crippen molar-refractivity contribution in [2.75, 3.05) is 58.8 Å². The number of methoxy groups -OCH3 is 2. The highest BCUT2D eigenvalue weighted by Crippen LogP contribution is 1.99. The van der Waals surface area contributed by atoms with Gasteiger partial charge in [0.05, 0.1) is 45.9 Å². The quantitative estimate of drug-likeness (QED) is 0.396. The van der Waals surface area contributed by atoms with Crippen molar-refractivity contribution in [2.24, 2.45) is 0 Å². The smallest absolute Gasteiger partial charge is 0.315 e. The second kappa shape index (κ2) is 12.8. The van der Waals surface area contributed by atoms with E-state index in [2.05, 4.69) is 4.74 Å². The molecule has 0 aliphatic heterocycles. The van der Waals surface area contributed by atoms with Gasteiger partial charge in [-0.05, 0) is 0 Å². The average molecular weight is 252 g/mol. The first-order valence-electron chi connectivity index (χ1n) is 5.10. The zero-order valence-corrected chi connectivity index (χ0v) is 10.7. The van der Waals surface area contributed by atoms with Crippen molar-refractivity contribution in [3.8, 4) is 0 Å². The summed E-state index contributed by atoms with van der Waals surface area (Å²) >= 11 is 1.50. The Kier molecular flexibility index (Phi) is 12.5. The summed E-state index contributed by atoms with van der Waals surface area (Å²) in [6.07, 6.45) is 0. The van der Waals surface area contributed by atoms with E-state index in [9.17, 15) is 4.79 Å². The topological polar surface area (TPSA) is 54.0 Å². The van der Waals surface area contributed by atoms with Gasteiger partial charge in [0.1, 0.15) is 0 Å². The molecule has 0 rings (SSSR count). The van der Waals surface area contributed by atoms with Crippen LogP contribution in [-0.4, -0.2) is 64.7 Å². The average Bonchev–Trinajstić information content (AvgIpc) is 2.31. The van der Waals surface area contributed by atoms with Crippen LogP contribution in [0.15, 0.2) is 0 Å². The minimum Gasteiger partial charge on any atom is -0.468 e. The summed E-state index contributed by atoms with van der Waals surface area (Å²) in [6, 6.07) is 0. The molecule has 0 atom stereocenters. The maximum atomic E-state index is 10.7. The van der Waals surface area contributed by atoms with E-state index in [1.165, 1.54) is 18.9 Å². The molecule has 0 amide bonds. The summed E-state index contributed by atoms with van der Waals surface area (Å²) < 4.78 is 19.8. The molecule has 0 fully saturated rings. The molecular weight excluding hydrogens is 232 g/mol. The van der Waals surface area contributed by atoms with E-state index in [4.69, 9.17) is 14.2 Å². The van der Waals surface area contributed by atoms with Crippen molar-refractivity contribution in [1.82, 2.24) is 0 Å². The van der Waals surface area contributed by atoms with Gasteiger partial charge in [0.15, 0.2) is 0 Å². The molecule has 6 heteroatoms. The Hall–Kier alpha value is -0.300. The third kappa shape index (κ3) is 11.8. The number of hydrogen-bond acceptors (Lipinski definition) is 6. The first-order valence-corrected chi connectivity index (χ1v) is 6.25. The molecule has 0 N–H and O–H groups in total. The molecule has 0 spiro atoms. The van der Waals surface area contributed by atoms with E-state index in [0.717, 1.165) is 5.75 Å². The number of esters is 1. The molecule has 0 aliphatic carbocycles. The van der Waals surface area contributed by atoms with Gasteiger partial charge in [-0.3, -0.25) is 4.79 Å². The largest absolute Gasteiger partial charge is 0.468 e. The zero-order chi connectivity index (χ0) is 12.1. The number of ether oxygens (including phenoxy) is 4. The summed E-state index contributed by atoms with van der Waals surface area (Å²) in [6.45, 7) is 2.97. The fraction of sp³-hybridized carbons (Fsp3) is 0.900. The van der Waals surface area contributed by atoms with Crippen molar-refractivity contribution in [1.29, 1.82) is 0 Å². The molecule has 0 aromatic rings. The van der Waals surface area contributed by atoms with Gasteiger partial charge in [0.25, 0.3) is 0 Å². The SMILES string of the molecule is COCCOCCOCCSCC(=O)OC. The number of carbonyl (C=O) groups excluding carboxylic acids is 1. The molecule has 0 saturated carbocycles. The molecular formula is C10H20O5S. The Morgan fingerprint density at radius 1 is 1.00 bits per heavy atom. The van der Waals surface area contributed by atoms with Crippen molar-refractivity contribution >= 4 is 17.7 Å². The minimum atomic E-state index is -0.201. The van der Waals surface area contributed by atoms with Crippen molar-refractivity contribution in [3.63, 3.8) is 0 Å². The predicted octanol–water partition coefficient (Wildman–Crippen LogP) is 0.572. The van der Waals surface area contributed by atoms with Gasteiger partial charge in [0.2, 0.25) is 0 Å². The molecule has 0 aliphatic rings. The highest BCUT2D eigenvalue weighted by molar-refractivity contribution is 7.99. The summed E-state index contributed by atoms with van der Waals surface area (Å²) in [5, 5.41) is 0. The lowest BCUT2D eigenvalue weighted by Crippen LogP contribution is -2.10. The van der Waals surface area contributed by atoms with Gasteiger partial charge >= 0.3 is 5.97 Å². The van der Waals surface area contributed by atoms with Crippen LogP contribution in [0.2, 0.25) is 0 Å². The first-order chi connectivity index (χ1) is 7.81. The maximum absolute atomic E-state index is 10.7. The molecule has 0 aromatic carbocycles. The summed E-state index contributed by atoms with van der Waals surface area (Å²) in [7, 11) is 3.02. The van der Waals surface area contributed by atoms with Crippen LogP contribution >= 0.6 is 11.8 Å². The Bertz CT molecular complexity index is 165. The van der Waals surface area contributed by atoms with Crippen LogP contribution < -0.4 is 0 Å². The normalized spacial score (nSPS) is 10.4. The standard InChI is InChI=1S/C10H20O5S/c1-12-3-4-14-5-6-15-7-8-16-9-10(11)13-2/h3-9H2,1-2H3. The Balaban J connectivity index is 2.96. The van der Waals surface area contributed by atoms with Gasteiger partial charge in [-0.25, -0.2) is 0 Å². The summed E-state index contributed by atoms with van der Waals surface area (Å²) in [5.41, 5.74) is 0. The lowest BCUT2D eigenvalue weighted by Gasteiger charge is -2.05. The van der Waals surface area contributed by atoms with Crippen LogP contribution in [0.4, 0.5) is 0 Å². The van der Waals surface area contributed by atoms with Gasteiger partial charge in [-0.2, -0.15) is 0 Å². The fourth-order valence-electron chi connectivity index (χ4n) is 0.797. The van der Waals surface area contributed by atoms with Crippen molar-refractivity contribution < 1.29 is 23.7 Å². The molecule has 0 unspecified atom stereocenters. The van der Waals surface area contributed by atoms with Gasteiger partial charge in [0, 0.05) is 12.9 Å². The molecule has 0 heterocycles. The van der Waals surface area contributed by atoms with Crippen LogP contribution in [0.3, 0.4) is 0 Å². The van der Waals surface area contributed by atoms with Crippen LogP contribution in [-0.2, 0) is 23.7 Å². The Morgan fingerprint density at radius 2 is 1.62 bits per heavy atom. The molecule has 0 bridgehead atoms. The van der Waals surface area contributed by atoms with Gasteiger partial charge < -0.3 is 18.9 Å². The third-order valence-electron chi connectivity index (χ3n) is 1.62.